The molecule has 0 aliphatic rings. The molecule has 0 aliphatic heterocycles. The van der Waals surface area contributed by atoms with Crippen molar-refractivity contribution in [3.8, 4) is 11.3 Å². The lowest BCUT2D eigenvalue weighted by molar-refractivity contribution is 0.0987. The Bertz CT molecular complexity index is 1060. The summed E-state index contributed by atoms with van der Waals surface area (Å²) < 4.78 is 0.997. The lowest BCUT2D eigenvalue weighted by atomic mass is 10.2. The minimum Gasteiger partial charge on any atom is -0.345 e. The van der Waals surface area contributed by atoms with Gasteiger partial charge in [-0.15, -0.1) is 11.3 Å². The summed E-state index contributed by atoms with van der Waals surface area (Å²) in [6.07, 6.45) is 1.59. The van der Waals surface area contributed by atoms with Gasteiger partial charge in [0.05, 0.1) is 23.1 Å². The zero-order valence-electron chi connectivity index (χ0n) is 12.8. The lowest BCUT2D eigenvalue weighted by Gasteiger charge is -2.13. The number of hydrazine groups is 1. The van der Waals surface area contributed by atoms with Crippen molar-refractivity contribution in [2.75, 3.05) is 5.01 Å². The molecule has 0 saturated heterocycles. The van der Waals surface area contributed by atoms with E-state index in [9.17, 15) is 4.79 Å². The number of H-pyrrole nitrogens is 1. The largest absolute Gasteiger partial charge is 0.345 e. The number of rotatable bonds is 3. The number of benzene rings is 2. The Labute approximate surface area is 155 Å². The Morgan fingerprint density at radius 3 is 2.80 bits per heavy atom. The highest BCUT2D eigenvalue weighted by Crippen LogP contribution is 2.28. The van der Waals surface area contributed by atoms with Crippen LogP contribution in [-0.4, -0.2) is 20.9 Å². The average molecular weight is 414 g/mol. The molecule has 2 aromatic heterocycles. The van der Waals surface area contributed by atoms with Crippen molar-refractivity contribution >= 4 is 49.3 Å². The molecule has 4 aromatic rings. The number of imidazole rings is 1. The van der Waals surface area contributed by atoms with Gasteiger partial charge in [0, 0.05) is 21.0 Å². The predicted octanol–water partition coefficient (Wildman–Crippen LogP) is 3.97. The van der Waals surface area contributed by atoms with Crippen LogP contribution in [0.3, 0.4) is 0 Å². The summed E-state index contributed by atoms with van der Waals surface area (Å²) in [5, 5.41) is 3.39. The van der Waals surface area contributed by atoms with E-state index in [1.807, 2.05) is 29.6 Å². The van der Waals surface area contributed by atoms with Crippen molar-refractivity contribution < 1.29 is 4.79 Å². The van der Waals surface area contributed by atoms with Crippen LogP contribution in [0.15, 0.2) is 58.6 Å². The second-order valence-corrected chi connectivity index (χ2v) is 7.08. The molecule has 0 radical (unpaired) electrons. The molecular formula is C17H12BrN5OS. The second-order valence-electron chi connectivity index (χ2n) is 5.33. The molecule has 0 saturated carbocycles. The molecule has 0 spiro atoms. The Hall–Kier alpha value is -2.55. The standard InChI is InChI=1S/C17H12BrN5OS/c18-12-4-1-10(2-5-12)15-8-25-17(22-15)23(19)16(24)11-3-6-13-14(7-11)21-9-20-13/h1-9H,19H2,(H,20,21). The van der Waals surface area contributed by atoms with Crippen LogP contribution in [0, 0.1) is 0 Å². The smallest absolute Gasteiger partial charge is 0.274 e. The number of fused-ring (bicyclic) bond motifs is 1. The molecule has 124 valence electrons. The fourth-order valence-electron chi connectivity index (χ4n) is 2.42. The fourth-order valence-corrected chi connectivity index (χ4v) is 3.44. The number of hydrogen-bond donors (Lipinski definition) is 2. The van der Waals surface area contributed by atoms with Crippen LogP contribution in [0.25, 0.3) is 22.3 Å². The van der Waals surface area contributed by atoms with Crippen molar-refractivity contribution in [1.29, 1.82) is 0 Å². The third-order valence-electron chi connectivity index (χ3n) is 3.72. The van der Waals surface area contributed by atoms with Gasteiger partial charge >= 0.3 is 0 Å². The van der Waals surface area contributed by atoms with Crippen LogP contribution in [0.4, 0.5) is 5.13 Å². The molecule has 0 fully saturated rings. The quantitative estimate of drug-likeness (QED) is 0.302. The van der Waals surface area contributed by atoms with E-state index in [0.29, 0.717) is 10.7 Å². The number of nitrogens with one attached hydrogen (secondary N) is 1. The number of nitrogens with zero attached hydrogens (tertiary/aromatic N) is 3. The molecule has 2 heterocycles. The highest BCUT2D eigenvalue weighted by Gasteiger charge is 2.18. The van der Waals surface area contributed by atoms with Gasteiger partial charge < -0.3 is 4.98 Å². The molecular weight excluding hydrogens is 402 g/mol. The monoisotopic (exact) mass is 413 g/mol. The summed E-state index contributed by atoms with van der Waals surface area (Å²) in [7, 11) is 0. The van der Waals surface area contributed by atoms with E-state index in [1.165, 1.54) is 11.3 Å². The lowest BCUT2D eigenvalue weighted by Crippen LogP contribution is -2.37. The molecule has 0 aliphatic carbocycles. The summed E-state index contributed by atoms with van der Waals surface area (Å²) in [6.45, 7) is 0. The maximum absolute atomic E-state index is 12.6. The van der Waals surface area contributed by atoms with E-state index >= 15 is 0 Å². The number of halogens is 1. The number of aromatic amines is 1. The molecule has 1 amide bonds. The third kappa shape index (κ3) is 3.07. The van der Waals surface area contributed by atoms with Gasteiger partial charge in [-0.25, -0.2) is 20.8 Å². The maximum Gasteiger partial charge on any atom is 0.274 e. The summed E-state index contributed by atoms with van der Waals surface area (Å²) in [5.41, 5.74) is 3.80. The van der Waals surface area contributed by atoms with E-state index in [1.54, 1.807) is 24.5 Å². The number of anilines is 1. The van der Waals surface area contributed by atoms with E-state index in [2.05, 4.69) is 30.9 Å². The summed E-state index contributed by atoms with van der Waals surface area (Å²) in [6, 6.07) is 13.0. The summed E-state index contributed by atoms with van der Waals surface area (Å²) in [5.74, 6) is 5.68. The normalized spacial score (nSPS) is 11.0. The van der Waals surface area contributed by atoms with E-state index < -0.39 is 0 Å². The summed E-state index contributed by atoms with van der Waals surface area (Å²) in [4.78, 5) is 24.2. The van der Waals surface area contributed by atoms with E-state index in [-0.39, 0.29) is 5.91 Å². The first-order valence-corrected chi connectivity index (χ1v) is 9.03. The molecule has 0 bridgehead atoms. The van der Waals surface area contributed by atoms with Gasteiger partial charge in [0.1, 0.15) is 0 Å². The topological polar surface area (TPSA) is 87.9 Å². The van der Waals surface area contributed by atoms with Crippen LogP contribution in [0.5, 0.6) is 0 Å². The SMILES string of the molecule is NN(C(=O)c1ccc2nc[nH]c2c1)c1nc(-c2ccc(Br)cc2)cs1. The summed E-state index contributed by atoms with van der Waals surface area (Å²) >= 11 is 4.73. The highest BCUT2D eigenvalue weighted by molar-refractivity contribution is 9.10. The molecule has 8 heteroatoms. The second kappa shape index (κ2) is 6.40. The number of hydrogen-bond acceptors (Lipinski definition) is 5. The van der Waals surface area contributed by atoms with Gasteiger partial charge in [-0.05, 0) is 30.3 Å². The Kier molecular flexibility index (Phi) is 4.08. The zero-order valence-corrected chi connectivity index (χ0v) is 15.2. The van der Waals surface area contributed by atoms with Crippen LogP contribution >= 0.6 is 27.3 Å². The predicted molar refractivity (Wildman–Crippen MR) is 102 cm³/mol. The number of thiazole rings is 1. The molecule has 2 aromatic carbocycles. The van der Waals surface area contributed by atoms with Crippen LogP contribution < -0.4 is 10.9 Å². The number of carbonyl (C=O) groups excluding carboxylic acids is 1. The van der Waals surface area contributed by atoms with Crippen LogP contribution in [-0.2, 0) is 0 Å². The minimum atomic E-state index is -0.326. The van der Waals surface area contributed by atoms with Gasteiger partial charge in [0.2, 0.25) is 5.13 Å². The maximum atomic E-state index is 12.6. The molecule has 4 rings (SSSR count). The van der Waals surface area contributed by atoms with Crippen molar-refractivity contribution in [1.82, 2.24) is 15.0 Å². The Balaban J connectivity index is 1.60. The minimum absolute atomic E-state index is 0.326. The Morgan fingerprint density at radius 1 is 1.20 bits per heavy atom. The van der Waals surface area contributed by atoms with Gasteiger partial charge in [-0.2, -0.15) is 0 Å². The first kappa shape index (κ1) is 15.9. The first-order valence-electron chi connectivity index (χ1n) is 7.35. The molecule has 0 atom stereocenters. The first-order chi connectivity index (χ1) is 12.1. The van der Waals surface area contributed by atoms with Gasteiger partial charge in [0.25, 0.3) is 5.91 Å². The molecule has 25 heavy (non-hydrogen) atoms. The van der Waals surface area contributed by atoms with Gasteiger partial charge in [-0.1, -0.05) is 28.1 Å². The van der Waals surface area contributed by atoms with Gasteiger partial charge in [-0.3, -0.25) is 4.79 Å². The van der Waals surface area contributed by atoms with E-state index in [0.717, 1.165) is 31.8 Å². The molecule has 0 unspecified atom stereocenters. The van der Waals surface area contributed by atoms with E-state index in [4.69, 9.17) is 5.84 Å². The highest BCUT2D eigenvalue weighted by atomic mass is 79.9. The average Bonchev–Trinajstić information content (AvgIpc) is 3.29. The molecule has 6 nitrogen and oxygen atoms in total. The zero-order chi connectivity index (χ0) is 17.4. The molecule has 3 N–H and O–H groups in total. The van der Waals surface area contributed by atoms with Crippen molar-refractivity contribution in [3.05, 3.63) is 64.2 Å². The fraction of sp³-hybridized carbons (Fsp3) is 0. The number of aromatic nitrogens is 3. The van der Waals surface area contributed by atoms with Crippen LogP contribution in [0.2, 0.25) is 0 Å². The van der Waals surface area contributed by atoms with Crippen molar-refractivity contribution in [2.24, 2.45) is 5.84 Å². The van der Waals surface area contributed by atoms with Crippen LogP contribution in [0.1, 0.15) is 10.4 Å². The Morgan fingerprint density at radius 2 is 2.00 bits per heavy atom. The van der Waals surface area contributed by atoms with Crippen molar-refractivity contribution in [2.45, 2.75) is 0 Å². The number of carbonyl (C=O) groups is 1. The third-order valence-corrected chi connectivity index (χ3v) is 5.09. The number of nitrogens with two attached hydrogens (primary N) is 1. The number of amides is 1. The van der Waals surface area contributed by atoms with Crippen molar-refractivity contribution in [3.63, 3.8) is 0 Å². The van der Waals surface area contributed by atoms with Gasteiger partial charge in [0.15, 0.2) is 0 Å².